The van der Waals surface area contributed by atoms with Crippen molar-refractivity contribution in [2.45, 2.75) is 6.54 Å². The van der Waals surface area contributed by atoms with Crippen molar-refractivity contribution >= 4 is 34.8 Å². The van der Waals surface area contributed by atoms with Crippen LogP contribution in [0.4, 0.5) is 11.4 Å². The molecule has 3 aromatic rings. The lowest BCUT2D eigenvalue weighted by atomic mass is 10.1. The van der Waals surface area contributed by atoms with Gasteiger partial charge in [-0.1, -0.05) is 35.9 Å². The predicted molar refractivity (Wildman–Crippen MR) is 124 cm³/mol. The Morgan fingerprint density at radius 1 is 0.935 bits per heavy atom. The molecule has 0 saturated carbocycles. The van der Waals surface area contributed by atoms with E-state index in [0.717, 1.165) is 11.3 Å². The molecule has 0 aliphatic rings. The summed E-state index contributed by atoms with van der Waals surface area (Å²) in [6, 6.07) is 21.5. The minimum Gasteiger partial charge on any atom is -0.483 e. The van der Waals surface area contributed by atoms with Crippen LogP contribution in [0.1, 0.15) is 15.9 Å². The van der Waals surface area contributed by atoms with Crippen LogP contribution in [0.3, 0.4) is 0 Å². The molecule has 0 heterocycles. The molecule has 0 atom stereocenters. The van der Waals surface area contributed by atoms with Gasteiger partial charge in [-0.05, 0) is 54.1 Å². The molecule has 0 saturated heterocycles. The average molecular weight is 438 g/mol. The van der Waals surface area contributed by atoms with Crippen molar-refractivity contribution in [1.82, 2.24) is 5.32 Å². The highest BCUT2D eigenvalue weighted by atomic mass is 35.5. The Hall–Kier alpha value is -3.51. The lowest BCUT2D eigenvalue weighted by Crippen LogP contribution is -2.25. The highest BCUT2D eigenvalue weighted by Crippen LogP contribution is 2.19. The van der Waals surface area contributed by atoms with E-state index in [0.29, 0.717) is 28.6 Å². The third-order valence-electron chi connectivity index (χ3n) is 4.52. The van der Waals surface area contributed by atoms with E-state index in [9.17, 15) is 9.59 Å². The van der Waals surface area contributed by atoms with E-state index in [1.165, 1.54) is 0 Å². The predicted octanol–water partition coefficient (Wildman–Crippen LogP) is 4.35. The van der Waals surface area contributed by atoms with Crippen molar-refractivity contribution < 1.29 is 14.3 Å². The molecule has 0 spiro atoms. The number of nitrogens with one attached hydrogen (secondary N) is 2. The number of hydrogen-bond acceptors (Lipinski definition) is 4. The monoisotopic (exact) mass is 437 g/mol. The number of anilines is 2. The fourth-order valence-corrected chi connectivity index (χ4v) is 2.97. The smallest absolute Gasteiger partial charge is 0.262 e. The summed E-state index contributed by atoms with van der Waals surface area (Å²) in [6.07, 6.45) is 0. The van der Waals surface area contributed by atoms with Gasteiger partial charge in [0.2, 0.25) is 0 Å². The number of carbonyl (C=O) groups excluding carboxylic acids is 2. The third kappa shape index (κ3) is 6.49. The molecule has 0 aliphatic heterocycles. The van der Waals surface area contributed by atoms with Gasteiger partial charge in [-0.3, -0.25) is 9.59 Å². The van der Waals surface area contributed by atoms with Gasteiger partial charge in [0.1, 0.15) is 5.75 Å². The first-order chi connectivity index (χ1) is 14.9. The van der Waals surface area contributed by atoms with E-state index in [4.69, 9.17) is 16.3 Å². The second-order valence-corrected chi connectivity index (χ2v) is 7.52. The fraction of sp³-hybridized carbons (Fsp3) is 0.167. The zero-order valence-electron chi connectivity index (χ0n) is 17.4. The first kappa shape index (κ1) is 22.2. The van der Waals surface area contributed by atoms with Gasteiger partial charge >= 0.3 is 0 Å². The lowest BCUT2D eigenvalue weighted by Gasteiger charge is -2.14. The number of hydrogen-bond donors (Lipinski definition) is 2. The number of para-hydroxylation sites is 1. The lowest BCUT2D eigenvalue weighted by molar-refractivity contribution is -0.118. The van der Waals surface area contributed by atoms with E-state index in [1.807, 2.05) is 43.3 Å². The Kier molecular flexibility index (Phi) is 7.51. The summed E-state index contributed by atoms with van der Waals surface area (Å²) in [6.45, 7) is 0.164. The average Bonchev–Trinajstić information content (AvgIpc) is 2.78. The molecule has 3 aromatic carbocycles. The van der Waals surface area contributed by atoms with Gasteiger partial charge in [0, 0.05) is 37.0 Å². The molecule has 0 aliphatic carbocycles. The molecular weight excluding hydrogens is 414 g/mol. The van der Waals surface area contributed by atoms with Crippen LogP contribution in [0.5, 0.6) is 5.75 Å². The van der Waals surface area contributed by atoms with Crippen LogP contribution in [-0.4, -0.2) is 32.5 Å². The van der Waals surface area contributed by atoms with Gasteiger partial charge in [0.05, 0.1) is 5.56 Å². The molecular formula is C24H24ClN3O3. The van der Waals surface area contributed by atoms with Crippen LogP contribution in [0.15, 0.2) is 72.8 Å². The van der Waals surface area contributed by atoms with Crippen molar-refractivity contribution in [3.8, 4) is 5.75 Å². The maximum absolute atomic E-state index is 12.7. The van der Waals surface area contributed by atoms with Gasteiger partial charge in [-0.15, -0.1) is 0 Å². The second-order valence-electron chi connectivity index (χ2n) is 7.08. The second kappa shape index (κ2) is 10.5. The molecule has 6 nitrogen and oxygen atoms in total. The first-order valence-electron chi connectivity index (χ1n) is 9.74. The Morgan fingerprint density at radius 3 is 2.29 bits per heavy atom. The van der Waals surface area contributed by atoms with Crippen LogP contribution in [0.25, 0.3) is 0 Å². The minimum atomic E-state index is -0.335. The minimum absolute atomic E-state index is 0.223. The molecule has 7 heteroatoms. The van der Waals surface area contributed by atoms with Gasteiger partial charge in [-0.25, -0.2) is 0 Å². The van der Waals surface area contributed by atoms with Gasteiger partial charge in [-0.2, -0.15) is 0 Å². The van der Waals surface area contributed by atoms with Crippen molar-refractivity contribution in [3.63, 3.8) is 0 Å². The van der Waals surface area contributed by atoms with E-state index >= 15 is 0 Å². The summed E-state index contributed by atoms with van der Waals surface area (Å²) >= 11 is 5.84. The fourth-order valence-electron chi connectivity index (χ4n) is 2.84. The number of halogens is 1. The Balaban J connectivity index is 1.56. The molecule has 0 aromatic heterocycles. The molecule has 0 fully saturated rings. The number of nitrogens with zero attached hydrogens (tertiary/aromatic N) is 1. The number of rotatable bonds is 8. The number of benzene rings is 3. The molecule has 31 heavy (non-hydrogen) atoms. The molecule has 0 bridgehead atoms. The van der Waals surface area contributed by atoms with Crippen LogP contribution >= 0.6 is 11.6 Å². The summed E-state index contributed by atoms with van der Waals surface area (Å²) in [5, 5.41) is 6.20. The summed E-state index contributed by atoms with van der Waals surface area (Å²) in [7, 11) is 3.95. The Labute approximate surface area is 186 Å². The number of carbonyl (C=O) groups is 2. The Bertz CT molecular complexity index is 1030. The van der Waals surface area contributed by atoms with Gasteiger partial charge < -0.3 is 20.3 Å². The number of amides is 2. The highest BCUT2D eigenvalue weighted by molar-refractivity contribution is 6.30. The maximum Gasteiger partial charge on any atom is 0.262 e. The standard InChI is InChI=1S/C24H24ClN3O3/c1-28(2)20-13-7-17(8-14-20)15-26-24(30)21-5-3-4-6-22(21)31-16-23(29)27-19-11-9-18(25)10-12-19/h3-14H,15-16H2,1-2H3,(H,26,30)(H,27,29). The molecule has 0 radical (unpaired) electrons. The zero-order chi connectivity index (χ0) is 22.2. The first-order valence-corrected chi connectivity index (χ1v) is 10.1. The quantitative estimate of drug-likeness (QED) is 0.549. The highest BCUT2D eigenvalue weighted by Gasteiger charge is 2.13. The van der Waals surface area contributed by atoms with Crippen molar-refractivity contribution in [1.29, 1.82) is 0 Å². The topological polar surface area (TPSA) is 70.7 Å². The van der Waals surface area contributed by atoms with E-state index in [2.05, 4.69) is 10.6 Å². The summed E-state index contributed by atoms with van der Waals surface area (Å²) < 4.78 is 5.61. The van der Waals surface area contributed by atoms with E-state index in [1.54, 1.807) is 48.5 Å². The molecule has 3 rings (SSSR count). The molecule has 0 unspecified atom stereocenters. The summed E-state index contributed by atoms with van der Waals surface area (Å²) in [5.74, 6) is -0.266. The molecule has 2 N–H and O–H groups in total. The number of ether oxygens (including phenoxy) is 1. The van der Waals surface area contributed by atoms with Crippen molar-refractivity contribution in [2.75, 3.05) is 30.9 Å². The van der Waals surface area contributed by atoms with Crippen LogP contribution < -0.4 is 20.3 Å². The van der Waals surface area contributed by atoms with Crippen LogP contribution in [-0.2, 0) is 11.3 Å². The van der Waals surface area contributed by atoms with E-state index < -0.39 is 0 Å². The van der Waals surface area contributed by atoms with Crippen LogP contribution in [0.2, 0.25) is 5.02 Å². The van der Waals surface area contributed by atoms with Crippen LogP contribution in [0, 0.1) is 0 Å². The molecule has 160 valence electrons. The SMILES string of the molecule is CN(C)c1ccc(CNC(=O)c2ccccc2OCC(=O)Nc2ccc(Cl)cc2)cc1. The normalized spacial score (nSPS) is 10.3. The van der Waals surface area contributed by atoms with Gasteiger partial charge in [0.15, 0.2) is 6.61 Å². The van der Waals surface area contributed by atoms with Crippen molar-refractivity contribution in [3.05, 3.63) is 88.9 Å². The summed E-state index contributed by atoms with van der Waals surface area (Å²) in [4.78, 5) is 26.8. The maximum atomic E-state index is 12.7. The largest absolute Gasteiger partial charge is 0.483 e. The van der Waals surface area contributed by atoms with E-state index in [-0.39, 0.29) is 18.4 Å². The zero-order valence-corrected chi connectivity index (χ0v) is 18.1. The third-order valence-corrected chi connectivity index (χ3v) is 4.78. The summed E-state index contributed by atoms with van der Waals surface area (Å²) in [5.41, 5.74) is 3.06. The molecule has 2 amide bonds. The van der Waals surface area contributed by atoms with Crippen molar-refractivity contribution in [2.24, 2.45) is 0 Å². The Morgan fingerprint density at radius 2 is 1.61 bits per heavy atom. The van der Waals surface area contributed by atoms with Gasteiger partial charge in [0.25, 0.3) is 11.8 Å².